The lowest BCUT2D eigenvalue weighted by molar-refractivity contribution is -0.146. The fraction of sp³-hybridized carbons (Fsp3) is 0.909. The number of likely N-dealkylation sites (tertiary alicyclic amines) is 1. The van der Waals surface area contributed by atoms with E-state index in [2.05, 4.69) is 32.6 Å². The molecule has 1 fully saturated rings. The third-order valence-electron chi connectivity index (χ3n) is 3.06. The summed E-state index contributed by atoms with van der Waals surface area (Å²) in [5, 5.41) is 0. The molecule has 0 aliphatic carbocycles. The van der Waals surface area contributed by atoms with Gasteiger partial charge in [-0.2, -0.15) is 0 Å². The number of esters is 1. The van der Waals surface area contributed by atoms with Crippen molar-refractivity contribution >= 4 is 5.97 Å². The van der Waals surface area contributed by atoms with Crippen molar-refractivity contribution in [1.29, 1.82) is 0 Å². The van der Waals surface area contributed by atoms with Crippen LogP contribution >= 0.6 is 0 Å². The first-order chi connectivity index (χ1) is 6.36. The largest absolute Gasteiger partial charge is 0.469 e. The van der Waals surface area contributed by atoms with E-state index in [1.807, 2.05) is 0 Å². The minimum atomic E-state index is -0.0655. The maximum Gasteiger partial charge on any atom is 0.310 e. The highest BCUT2D eigenvalue weighted by atomic mass is 16.5. The summed E-state index contributed by atoms with van der Waals surface area (Å²) >= 11 is 0. The van der Waals surface area contributed by atoms with Crippen molar-refractivity contribution in [3.8, 4) is 0 Å². The SMILES string of the molecule is COC(=O)[C@H]1CN(C(C)(C)C)C[C@H]1C. The second-order valence-electron chi connectivity index (χ2n) is 5.18. The Kier molecular flexibility index (Phi) is 3.20. The maximum atomic E-state index is 11.4. The molecule has 3 nitrogen and oxygen atoms in total. The molecule has 0 spiro atoms. The number of carbonyl (C=O) groups is 1. The van der Waals surface area contributed by atoms with Gasteiger partial charge < -0.3 is 4.74 Å². The normalized spacial score (nSPS) is 29.2. The molecule has 0 radical (unpaired) electrons. The molecule has 0 saturated carbocycles. The van der Waals surface area contributed by atoms with Gasteiger partial charge in [0.25, 0.3) is 0 Å². The quantitative estimate of drug-likeness (QED) is 0.600. The van der Waals surface area contributed by atoms with Gasteiger partial charge in [-0.1, -0.05) is 6.92 Å². The average molecular weight is 199 g/mol. The molecule has 1 saturated heterocycles. The van der Waals surface area contributed by atoms with E-state index in [4.69, 9.17) is 4.74 Å². The summed E-state index contributed by atoms with van der Waals surface area (Å²) < 4.78 is 4.80. The van der Waals surface area contributed by atoms with Crippen LogP contribution in [0.1, 0.15) is 27.7 Å². The molecule has 14 heavy (non-hydrogen) atoms. The second kappa shape index (κ2) is 3.89. The van der Waals surface area contributed by atoms with Crippen LogP contribution in [0.5, 0.6) is 0 Å². The first-order valence-electron chi connectivity index (χ1n) is 5.19. The van der Waals surface area contributed by atoms with Crippen LogP contribution in [-0.2, 0) is 9.53 Å². The highest BCUT2D eigenvalue weighted by Crippen LogP contribution is 2.29. The standard InChI is InChI=1S/C11H21NO2/c1-8-6-12(11(2,3)4)7-9(8)10(13)14-5/h8-9H,6-7H2,1-5H3/t8-,9+/m1/s1. The lowest BCUT2D eigenvalue weighted by Crippen LogP contribution is -2.40. The molecule has 1 rings (SSSR count). The Labute approximate surface area is 86.4 Å². The van der Waals surface area contributed by atoms with Gasteiger partial charge in [0.2, 0.25) is 0 Å². The molecule has 0 aromatic rings. The van der Waals surface area contributed by atoms with Crippen LogP contribution in [0.25, 0.3) is 0 Å². The van der Waals surface area contributed by atoms with Crippen LogP contribution in [0.2, 0.25) is 0 Å². The molecule has 0 aromatic heterocycles. The van der Waals surface area contributed by atoms with Crippen LogP contribution in [-0.4, -0.2) is 36.6 Å². The van der Waals surface area contributed by atoms with Gasteiger partial charge >= 0.3 is 5.97 Å². The van der Waals surface area contributed by atoms with Crippen molar-refractivity contribution in [2.75, 3.05) is 20.2 Å². The number of carbonyl (C=O) groups excluding carboxylic acids is 1. The number of hydrogen-bond donors (Lipinski definition) is 0. The Hall–Kier alpha value is -0.570. The summed E-state index contributed by atoms with van der Waals surface area (Å²) in [6.45, 7) is 10.5. The van der Waals surface area contributed by atoms with Gasteiger partial charge in [-0.3, -0.25) is 9.69 Å². The lowest BCUT2D eigenvalue weighted by atomic mass is 9.99. The van der Waals surface area contributed by atoms with Gasteiger partial charge in [0.05, 0.1) is 13.0 Å². The number of ether oxygens (including phenoxy) is 1. The highest BCUT2D eigenvalue weighted by molar-refractivity contribution is 5.73. The smallest absolute Gasteiger partial charge is 0.310 e. The zero-order valence-corrected chi connectivity index (χ0v) is 9.83. The number of methoxy groups -OCH3 is 1. The summed E-state index contributed by atoms with van der Waals surface area (Å²) in [5.74, 6) is 0.394. The molecule has 0 amide bonds. The van der Waals surface area contributed by atoms with Gasteiger partial charge in [0.1, 0.15) is 0 Å². The molecule has 0 N–H and O–H groups in total. The summed E-state index contributed by atoms with van der Waals surface area (Å²) in [4.78, 5) is 13.8. The zero-order chi connectivity index (χ0) is 10.9. The van der Waals surface area contributed by atoms with Crippen molar-refractivity contribution in [2.45, 2.75) is 33.2 Å². The molecule has 0 aromatic carbocycles. The third kappa shape index (κ3) is 2.27. The number of nitrogens with zero attached hydrogens (tertiary/aromatic N) is 1. The minimum absolute atomic E-state index is 0.0548. The van der Waals surface area contributed by atoms with Gasteiger partial charge in [-0.25, -0.2) is 0 Å². The van der Waals surface area contributed by atoms with Crippen molar-refractivity contribution in [1.82, 2.24) is 4.90 Å². The van der Waals surface area contributed by atoms with Gasteiger partial charge in [0, 0.05) is 18.6 Å². The first-order valence-corrected chi connectivity index (χ1v) is 5.19. The maximum absolute atomic E-state index is 11.4. The Morgan fingerprint density at radius 2 is 1.93 bits per heavy atom. The molecule has 1 aliphatic heterocycles. The van der Waals surface area contributed by atoms with E-state index in [9.17, 15) is 4.79 Å². The molecule has 3 heteroatoms. The molecule has 0 unspecified atom stereocenters. The zero-order valence-electron chi connectivity index (χ0n) is 9.83. The van der Waals surface area contributed by atoms with Crippen LogP contribution in [0.4, 0.5) is 0 Å². The first kappa shape index (κ1) is 11.5. The monoisotopic (exact) mass is 199 g/mol. The topological polar surface area (TPSA) is 29.5 Å². The predicted molar refractivity (Wildman–Crippen MR) is 56.0 cm³/mol. The van der Waals surface area contributed by atoms with Crippen molar-refractivity contribution < 1.29 is 9.53 Å². The van der Waals surface area contributed by atoms with Gasteiger partial charge in [-0.15, -0.1) is 0 Å². The lowest BCUT2D eigenvalue weighted by Gasteiger charge is -2.31. The van der Waals surface area contributed by atoms with Gasteiger partial charge in [-0.05, 0) is 26.7 Å². The second-order valence-corrected chi connectivity index (χ2v) is 5.18. The summed E-state index contributed by atoms with van der Waals surface area (Å²) in [5.41, 5.74) is 0.150. The van der Waals surface area contributed by atoms with Crippen LogP contribution in [0.15, 0.2) is 0 Å². The average Bonchev–Trinajstić information content (AvgIpc) is 2.45. The Morgan fingerprint density at radius 3 is 2.29 bits per heavy atom. The minimum Gasteiger partial charge on any atom is -0.469 e. The van der Waals surface area contributed by atoms with Crippen molar-refractivity contribution in [3.05, 3.63) is 0 Å². The van der Waals surface area contributed by atoms with Crippen LogP contribution in [0.3, 0.4) is 0 Å². The van der Waals surface area contributed by atoms with Crippen molar-refractivity contribution in [3.63, 3.8) is 0 Å². The summed E-state index contributed by atoms with van der Waals surface area (Å²) in [6, 6.07) is 0. The number of rotatable bonds is 1. The number of hydrogen-bond acceptors (Lipinski definition) is 3. The van der Waals surface area contributed by atoms with E-state index < -0.39 is 0 Å². The van der Waals surface area contributed by atoms with Crippen LogP contribution in [0, 0.1) is 11.8 Å². The molecule has 2 atom stereocenters. The highest BCUT2D eigenvalue weighted by Gasteiger charge is 2.39. The third-order valence-corrected chi connectivity index (χ3v) is 3.06. The van der Waals surface area contributed by atoms with E-state index in [0.717, 1.165) is 13.1 Å². The summed E-state index contributed by atoms with van der Waals surface area (Å²) in [6.07, 6.45) is 0. The molecular weight excluding hydrogens is 178 g/mol. The van der Waals surface area contributed by atoms with Crippen molar-refractivity contribution in [2.24, 2.45) is 11.8 Å². The Bertz CT molecular complexity index is 220. The van der Waals surface area contributed by atoms with E-state index in [-0.39, 0.29) is 17.4 Å². The fourth-order valence-corrected chi connectivity index (χ4v) is 1.97. The van der Waals surface area contributed by atoms with Crippen LogP contribution < -0.4 is 0 Å². The molecule has 82 valence electrons. The predicted octanol–water partition coefficient (Wildman–Crippen LogP) is 1.53. The molecule has 1 heterocycles. The Balaban J connectivity index is 2.65. The van der Waals surface area contributed by atoms with E-state index in [1.165, 1.54) is 7.11 Å². The van der Waals surface area contributed by atoms with E-state index >= 15 is 0 Å². The Morgan fingerprint density at radius 1 is 1.36 bits per heavy atom. The van der Waals surface area contributed by atoms with E-state index in [0.29, 0.717) is 5.92 Å². The van der Waals surface area contributed by atoms with E-state index in [1.54, 1.807) is 0 Å². The molecule has 0 bridgehead atoms. The fourth-order valence-electron chi connectivity index (χ4n) is 1.97. The van der Waals surface area contributed by atoms with Gasteiger partial charge in [0.15, 0.2) is 0 Å². The molecular formula is C11H21NO2. The molecule has 1 aliphatic rings. The summed E-state index contributed by atoms with van der Waals surface area (Å²) in [7, 11) is 1.47.